The van der Waals surface area contributed by atoms with Gasteiger partial charge in [0.2, 0.25) is 0 Å². The zero-order valence-corrected chi connectivity index (χ0v) is 27.7. The third-order valence-corrected chi connectivity index (χ3v) is 9.79. The van der Waals surface area contributed by atoms with Crippen molar-refractivity contribution in [2.75, 3.05) is 59.2 Å². The maximum atomic E-state index is 14.1. The van der Waals surface area contributed by atoms with Crippen molar-refractivity contribution in [3.8, 4) is 11.1 Å². The number of hydrogen-bond donors (Lipinski definition) is 3. The number of ether oxygens (including phenoxy) is 2. The number of piperazine rings is 1. The van der Waals surface area contributed by atoms with Crippen LogP contribution in [0.15, 0.2) is 65.9 Å². The van der Waals surface area contributed by atoms with E-state index in [2.05, 4.69) is 25.1 Å². The number of benzene rings is 2. The smallest absolute Gasteiger partial charge is 0.404 e. The molecule has 6 rings (SSSR count). The summed E-state index contributed by atoms with van der Waals surface area (Å²) >= 11 is 0. The van der Waals surface area contributed by atoms with Crippen LogP contribution in [0, 0.1) is 5.41 Å². The number of alkyl halides is 3. The van der Waals surface area contributed by atoms with Crippen molar-refractivity contribution < 1.29 is 27.4 Å². The molecule has 3 aliphatic rings. The number of nitrogens with two attached hydrogens (primary N) is 2. The molecule has 2 aliphatic heterocycles. The topological polar surface area (TPSA) is 131 Å². The Balaban J connectivity index is 1.07. The van der Waals surface area contributed by atoms with Gasteiger partial charge in [0.1, 0.15) is 5.82 Å². The summed E-state index contributed by atoms with van der Waals surface area (Å²) in [6, 6.07) is 13.4. The number of carbonyl (C=O) groups excluding carboxylic acids is 1. The fraction of sp³-hybridized carbons (Fsp3) is 0.417. The highest BCUT2D eigenvalue weighted by Gasteiger charge is 2.63. The molecule has 13 heteroatoms. The van der Waals surface area contributed by atoms with Crippen molar-refractivity contribution >= 4 is 23.5 Å². The van der Waals surface area contributed by atoms with Crippen LogP contribution in [-0.4, -0.2) is 92.5 Å². The minimum Gasteiger partial charge on any atom is -0.404 e. The highest BCUT2D eigenvalue weighted by atomic mass is 19.4. The van der Waals surface area contributed by atoms with Crippen molar-refractivity contribution in [3.63, 3.8) is 0 Å². The molecule has 49 heavy (non-hydrogen) atoms. The van der Waals surface area contributed by atoms with Crippen LogP contribution in [0.5, 0.6) is 0 Å². The van der Waals surface area contributed by atoms with Gasteiger partial charge in [0.25, 0.3) is 5.91 Å². The van der Waals surface area contributed by atoms with Crippen molar-refractivity contribution in [3.05, 3.63) is 88.7 Å². The molecular formula is C36H42F3N7O3. The highest BCUT2D eigenvalue weighted by Crippen LogP contribution is 2.54. The maximum absolute atomic E-state index is 14.1. The summed E-state index contributed by atoms with van der Waals surface area (Å²) in [4.78, 5) is 25.7. The van der Waals surface area contributed by atoms with Gasteiger partial charge in [-0.15, -0.1) is 0 Å². The minimum absolute atomic E-state index is 0.0993. The van der Waals surface area contributed by atoms with E-state index in [1.54, 1.807) is 31.5 Å². The molecule has 0 bridgehead atoms. The Morgan fingerprint density at radius 2 is 1.88 bits per heavy atom. The summed E-state index contributed by atoms with van der Waals surface area (Å²) in [7, 11) is 3.64. The molecule has 1 saturated carbocycles. The summed E-state index contributed by atoms with van der Waals surface area (Å²) in [5.41, 5.74) is 14.7. The van der Waals surface area contributed by atoms with Gasteiger partial charge in [-0.2, -0.15) is 13.2 Å². The van der Waals surface area contributed by atoms with E-state index in [0.29, 0.717) is 47.6 Å². The predicted molar refractivity (Wildman–Crippen MR) is 183 cm³/mol. The molecule has 3 atom stereocenters. The lowest BCUT2D eigenvalue weighted by molar-refractivity contribution is -0.138. The molecule has 10 nitrogen and oxygen atoms in total. The van der Waals surface area contributed by atoms with Gasteiger partial charge in [-0.1, -0.05) is 36.4 Å². The normalized spacial score (nSPS) is 23.4. The van der Waals surface area contributed by atoms with E-state index < -0.39 is 11.7 Å². The highest BCUT2D eigenvalue weighted by molar-refractivity contribution is 6.10. The molecule has 260 valence electrons. The molecule has 3 heterocycles. The minimum atomic E-state index is -4.45. The third kappa shape index (κ3) is 7.64. The van der Waals surface area contributed by atoms with Crippen molar-refractivity contribution in [2.45, 2.75) is 37.9 Å². The van der Waals surface area contributed by atoms with Gasteiger partial charge in [-0.3, -0.25) is 14.7 Å². The van der Waals surface area contributed by atoms with Gasteiger partial charge < -0.3 is 31.2 Å². The van der Waals surface area contributed by atoms with Crippen LogP contribution in [-0.2, 0) is 28.8 Å². The predicted octanol–water partition coefficient (Wildman–Crippen LogP) is 4.20. The number of pyridine rings is 1. The molecule has 3 fully saturated rings. The van der Waals surface area contributed by atoms with Gasteiger partial charge in [-0.25, -0.2) is 4.98 Å². The number of nitrogens with zero attached hydrogens (tertiary/aromatic N) is 4. The van der Waals surface area contributed by atoms with Gasteiger partial charge in [-0.05, 0) is 47.9 Å². The number of anilines is 1. The van der Waals surface area contributed by atoms with Crippen LogP contribution in [0.2, 0.25) is 0 Å². The second kappa shape index (κ2) is 14.3. The zero-order valence-electron chi connectivity index (χ0n) is 27.7. The molecule has 2 aromatic carbocycles. The molecule has 1 spiro atoms. The van der Waals surface area contributed by atoms with Crippen LogP contribution >= 0.6 is 0 Å². The van der Waals surface area contributed by atoms with Crippen LogP contribution in [0.25, 0.3) is 16.7 Å². The lowest BCUT2D eigenvalue weighted by Crippen LogP contribution is -2.44. The van der Waals surface area contributed by atoms with Gasteiger partial charge >= 0.3 is 6.18 Å². The summed E-state index contributed by atoms with van der Waals surface area (Å²) in [6.07, 6.45) is 0.643. The van der Waals surface area contributed by atoms with E-state index in [1.165, 1.54) is 18.5 Å². The van der Waals surface area contributed by atoms with E-state index in [-0.39, 0.29) is 41.4 Å². The number of nitrogens with one attached hydrogen (secondary N) is 1. The van der Waals surface area contributed by atoms with Gasteiger partial charge in [0.15, 0.2) is 0 Å². The number of rotatable bonds is 10. The quantitative estimate of drug-likeness (QED) is 0.272. The average molecular weight is 678 g/mol. The average Bonchev–Trinajstić information content (AvgIpc) is 3.66. The fourth-order valence-electron chi connectivity index (χ4n) is 6.65. The van der Waals surface area contributed by atoms with Gasteiger partial charge in [0.05, 0.1) is 43.1 Å². The summed E-state index contributed by atoms with van der Waals surface area (Å²) in [5.74, 6) is -0.267. The first-order chi connectivity index (χ1) is 23.5. The van der Waals surface area contributed by atoms with E-state index in [9.17, 15) is 18.0 Å². The van der Waals surface area contributed by atoms with Crippen LogP contribution in [0.1, 0.15) is 39.0 Å². The van der Waals surface area contributed by atoms with E-state index in [4.69, 9.17) is 20.9 Å². The van der Waals surface area contributed by atoms with Crippen LogP contribution in [0.4, 0.5) is 19.0 Å². The number of nitrogen functional groups attached to an aromatic ring is 1. The molecule has 1 aromatic heterocycles. The summed E-state index contributed by atoms with van der Waals surface area (Å²) in [6.45, 7) is 4.57. The molecule has 3 aromatic rings. The first-order valence-corrected chi connectivity index (χ1v) is 16.3. The van der Waals surface area contributed by atoms with Crippen molar-refractivity contribution in [1.29, 1.82) is 0 Å². The van der Waals surface area contributed by atoms with E-state index in [0.717, 1.165) is 38.2 Å². The Morgan fingerprint density at radius 1 is 1.14 bits per heavy atom. The summed E-state index contributed by atoms with van der Waals surface area (Å²) in [5, 5.41) is 3.07. The molecular weight excluding hydrogens is 635 g/mol. The zero-order chi connectivity index (χ0) is 34.8. The maximum Gasteiger partial charge on any atom is 0.416 e. The monoisotopic (exact) mass is 677 g/mol. The Bertz CT molecular complexity index is 1720. The second-order valence-electron chi connectivity index (χ2n) is 13.1. The van der Waals surface area contributed by atoms with Crippen molar-refractivity contribution in [2.24, 2.45) is 16.1 Å². The third-order valence-electron chi connectivity index (χ3n) is 9.79. The SMILES string of the molecule is CN=CC(=CN)c1cnc(N)c(C(=O)NC2COCC23CC3OCc2ccc(-c3ccc(CN4CCN(C)CC4)c(C(F)(F)F)c3)cc2)c1. The number of hydrogen-bond acceptors (Lipinski definition) is 9. The van der Waals surface area contributed by atoms with E-state index >= 15 is 0 Å². The Morgan fingerprint density at radius 3 is 2.57 bits per heavy atom. The first kappa shape index (κ1) is 34.6. The molecule has 0 radical (unpaired) electrons. The Labute approximate surface area is 284 Å². The van der Waals surface area contributed by atoms with Crippen LogP contribution < -0.4 is 16.8 Å². The van der Waals surface area contributed by atoms with Crippen molar-refractivity contribution in [1.82, 2.24) is 20.1 Å². The number of carbonyl (C=O) groups is 1. The van der Waals surface area contributed by atoms with Gasteiger partial charge in [0, 0.05) is 74.9 Å². The number of aliphatic imine (C=N–C) groups is 1. The number of allylic oxidation sites excluding steroid dienone is 1. The number of likely N-dealkylation sites (N-methyl/N-ethyl adjacent to an activating group) is 1. The lowest BCUT2D eigenvalue weighted by atomic mass is 9.97. The number of aromatic nitrogens is 1. The number of halogens is 3. The Hall–Kier alpha value is -4.30. The fourth-order valence-corrected chi connectivity index (χ4v) is 6.65. The standard InChI is InChI=1S/C36H42F3N7O3/c1-42-17-28(16-40)27-13-29(33(41)43-18-27)34(47)44-31-21-48-22-35(31)15-32(35)49-20-23-3-5-24(6-4-23)25-7-8-26(30(14-25)36(37,38)39)19-46-11-9-45(2)10-12-46/h3-8,13-14,16-18,31-32H,9-12,15,19-22,40H2,1-2H3,(H2,41,43)(H,44,47). The molecule has 2 saturated heterocycles. The summed E-state index contributed by atoms with van der Waals surface area (Å²) < 4.78 is 54.4. The van der Waals surface area contributed by atoms with E-state index in [1.807, 2.05) is 31.3 Å². The molecule has 1 amide bonds. The Kier molecular flexibility index (Phi) is 10.1. The van der Waals surface area contributed by atoms with Crippen LogP contribution in [0.3, 0.4) is 0 Å². The largest absolute Gasteiger partial charge is 0.416 e. The molecule has 1 aliphatic carbocycles. The number of amides is 1. The second-order valence-corrected chi connectivity index (χ2v) is 13.1. The lowest BCUT2D eigenvalue weighted by Gasteiger charge is -2.33. The molecule has 5 N–H and O–H groups in total. The molecule has 3 unspecified atom stereocenters. The first-order valence-electron chi connectivity index (χ1n) is 16.3.